The zero-order valence-electron chi connectivity index (χ0n) is 15.4. The summed E-state index contributed by atoms with van der Waals surface area (Å²) in [6.45, 7) is 5.73. The minimum absolute atomic E-state index is 0. The Kier molecular flexibility index (Phi) is 11.3. The van der Waals surface area contributed by atoms with Crippen molar-refractivity contribution in [1.29, 1.82) is 0 Å². The van der Waals surface area contributed by atoms with Crippen LogP contribution in [0.15, 0.2) is 47.7 Å². The molecule has 2 N–H and O–H groups in total. The molecule has 1 aromatic carbocycles. The molecule has 0 bridgehead atoms. The molecular formula is C18H28IN5O2. The fourth-order valence-electron chi connectivity index (χ4n) is 2.21. The number of rotatable bonds is 10. The Morgan fingerprint density at radius 2 is 1.96 bits per heavy atom. The molecule has 7 nitrogen and oxygen atoms in total. The molecule has 0 saturated carbocycles. The molecule has 0 aliphatic heterocycles. The van der Waals surface area contributed by atoms with E-state index in [1.165, 1.54) is 0 Å². The van der Waals surface area contributed by atoms with Crippen molar-refractivity contribution in [3.63, 3.8) is 0 Å². The van der Waals surface area contributed by atoms with Crippen LogP contribution in [0.3, 0.4) is 0 Å². The highest BCUT2D eigenvalue weighted by Gasteiger charge is 1.99. The van der Waals surface area contributed by atoms with Crippen LogP contribution in [0.4, 0.5) is 0 Å². The van der Waals surface area contributed by atoms with Crippen molar-refractivity contribution in [3.05, 3.63) is 42.7 Å². The SMILES string of the molecule is CCNC(=NCCCn1cccn1)NCCOc1ccc(OC)cc1.I. The van der Waals surface area contributed by atoms with Gasteiger partial charge in [-0.2, -0.15) is 5.10 Å². The number of guanidine groups is 1. The van der Waals surface area contributed by atoms with Crippen molar-refractivity contribution in [3.8, 4) is 11.5 Å². The topological polar surface area (TPSA) is 72.7 Å². The number of nitrogens with one attached hydrogen (secondary N) is 2. The summed E-state index contributed by atoms with van der Waals surface area (Å²) in [5, 5.41) is 10.7. The molecule has 2 aromatic rings. The van der Waals surface area contributed by atoms with Gasteiger partial charge in [0.2, 0.25) is 0 Å². The first-order valence-electron chi connectivity index (χ1n) is 8.58. The maximum Gasteiger partial charge on any atom is 0.191 e. The third-order valence-corrected chi connectivity index (χ3v) is 3.44. The lowest BCUT2D eigenvalue weighted by Crippen LogP contribution is -2.39. The van der Waals surface area contributed by atoms with E-state index in [0.29, 0.717) is 13.2 Å². The van der Waals surface area contributed by atoms with Gasteiger partial charge in [0.1, 0.15) is 18.1 Å². The van der Waals surface area contributed by atoms with Gasteiger partial charge in [0, 0.05) is 32.0 Å². The lowest BCUT2D eigenvalue weighted by molar-refractivity contribution is 0.321. The Balaban J connectivity index is 0.00000338. The molecule has 26 heavy (non-hydrogen) atoms. The van der Waals surface area contributed by atoms with Crippen molar-refractivity contribution >= 4 is 29.9 Å². The van der Waals surface area contributed by atoms with Gasteiger partial charge in [0.15, 0.2) is 5.96 Å². The Morgan fingerprint density at radius 3 is 2.62 bits per heavy atom. The highest BCUT2D eigenvalue weighted by Crippen LogP contribution is 2.16. The minimum atomic E-state index is 0. The molecule has 1 aromatic heterocycles. The molecule has 0 spiro atoms. The lowest BCUT2D eigenvalue weighted by atomic mass is 10.3. The van der Waals surface area contributed by atoms with Crippen LogP contribution in [0.5, 0.6) is 11.5 Å². The zero-order valence-corrected chi connectivity index (χ0v) is 17.7. The molecule has 1 heterocycles. The summed E-state index contributed by atoms with van der Waals surface area (Å²) in [7, 11) is 1.65. The van der Waals surface area contributed by atoms with Crippen LogP contribution in [0.25, 0.3) is 0 Å². The van der Waals surface area contributed by atoms with Gasteiger partial charge >= 0.3 is 0 Å². The molecule has 0 aliphatic carbocycles. The van der Waals surface area contributed by atoms with Crippen molar-refractivity contribution in [1.82, 2.24) is 20.4 Å². The van der Waals surface area contributed by atoms with Crippen molar-refractivity contribution < 1.29 is 9.47 Å². The monoisotopic (exact) mass is 473 g/mol. The molecule has 0 amide bonds. The second kappa shape index (κ2) is 13.3. The molecule has 0 fully saturated rings. The molecule has 144 valence electrons. The Morgan fingerprint density at radius 1 is 1.19 bits per heavy atom. The van der Waals surface area contributed by atoms with Gasteiger partial charge in [0.05, 0.1) is 13.7 Å². The van der Waals surface area contributed by atoms with Gasteiger partial charge < -0.3 is 20.1 Å². The first kappa shape index (κ1) is 22.1. The summed E-state index contributed by atoms with van der Waals surface area (Å²) >= 11 is 0. The molecular weight excluding hydrogens is 445 g/mol. The molecule has 0 atom stereocenters. The molecule has 0 radical (unpaired) electrons. The van der Waals surface area contributed by atoms with E-state index in [2.05, 4.69) is 27.6 Å². The standard InChI is InChI=1S/C18H27N5O2.HI/c1-3-19-18(20-10-4-13-23-14-5-11-22-23)21-12-15-25-17-8-6-16(24-2)7-9-17;/h5-9,11,14H,3-4,10,12-13,15H2,1-2H3,(H2,19,20,21);1H. The number of hydrogen-bond donors (Lipinski definition) is 2. The second-order valence-electron chi connectivity index (χ2n) is 5.33. The molecule has 0 unspecified atom stereocenters. The number of benzene rings is 1. The van der Waals surface area contributed by atoms with Crippen LogP contribution in [0.1, 0.15) is 13.3 Å². The van der Waals surface area contributed by atoms with E-state index in [1.807, 2.05) is 41.2 Å². The molecule has 0 saturated heterocycles. The van der Waals surface area contributed by atoms with Gasteiger partial charge in [-0.25, -0.2) is 0 Å². The number of halogens is 1. The van der Waals surface area contributed by atoms with Crippen LogP contribution in [0, 0.1) is 0 Å². The van der Waals surface area contributed by atoms with Crippen LogP contribution in [-0.2, 0) is 6.54 Å². The summed E-state index contributed by atoms with van der Waals surface area (Å²) in [5.41, 5.74) is 0. The maximum atomic E-state index is 5.70. The van der Waals surface area contributed by atoms with Gasteiger partial charge in [-0.3, -0.25) is 9.67 Å². The number of aryl methyl sites for hydroxylation is 1. The van der Waals surface area contributed by atoms with Crippen molar-refractivity contribution in [2.75, 3.05) is 33.4 Å². The van der Waals surface area contributed by atoms with Gasteiger partial charge in [-0.15, -0.1) is 24.0 Å². The number of methoxy groups -OCH3 is 1. The maximum absolute atomic E-state index is 5.70. The van der Waals surface area contributed by atoms with Crippen molar-refractivity contribution in [2.45, 2.75) is 19.9 Å². The molecule has 8 heteroatoms. The summed E-state index contributed by atoms with van der Waals surface area (Å²) in [4.78, 5) is 4.56. The average Bonchev–Trinajstić information content (AvgIpc) is 3.16. The highest BCUT2D eigenvalue weighted by atomic mass is 127. The quantitative estimate of drug-likeness (QED) is 0.240. The first-order valence-corrected chi connectivity index (χ1v) is 8.58. The van der Waals surface area contributed by atoms with E-state index in [-0.39, 0.29) is 24.0 Å². The second-order valence-corrected chi connectivity index (χ2v) is 5.33. The Bertz CT molecular complexity index is 617. The number of aromatic nitrogens is 2. The van der Waals surface area contributed by atoms with Crippen LogP contribution >= 0.6 is 24.0 Å². The van der Waals surface area contributed by atoms with Gasteiger partial charge in [-0.05, 0) is 43.7 Å². The zero-order chi connectivity index (χ0) is 17.7. The summed E-state index contributed by atoms with van der Waals surface area (Å²) in [6.07, 6.45) is 4.70. The smallest absolute Gasteiger partial charge is 0.191 e. The van der Waals surface area contributed by atoms with E-state index < -0.39 is 0 Å². The van der Waals surface area contributed by atoms with E-state index in [9.17, 15) is 0 Å². The van der Waals surface area contributed by atoms with Crippen molar-refractivity contribution in [2.24, 2.45) is 4.99 Å². The first-order chi connectivity index (χ1) is 12.3. The summed E-state index contributed by atoms with van der Waals surface area (Å²) in [5.74, 6) is 2.45. The minimum Gasteiger partial charge on any atom is -0.497 e. The fourth-order valence-corrected chi connectivity index (χ4v) is 2.21. The van der Waals surface area contributed by atoms with Gasteiger partial charge in [0.25, 0.3) is 0 Å². The Labute approximate surface area is 172 Å². The van der Waals surface area contributed by atoms with E-state index in [4.69, 9.17) is 9.47 Å². The number of nitrogens with zero attached hydrogens (tertiary/aromatic N) is 3. The predicted octanol–water partition coefficient (Wildman–Crippen LogP) is 2.53. The number of ether oxygens (including phenoxy) is 2. The lowest BCUT2D eigenvalue weighted by Gasteiger charge is -2.12. The molecule has 0 aliphatic rings. The predicted molar refractivity (Wildman–Crippen MR) is 115 cm³/mol. The average molecular weight is 473 g/mol. The number of aliphatic imine (C=N–C) groups is 1. The fraction of sp³-hybridized carbons (Fsp3) is 0.444. The third-order valence-electron chi connectivity index (χ3n) is 3.44. The van der Waals surface area contributed by atoms with Crippen LogP contribution in [0.2, 0.25) is 0 Å². The van der Waals surface area contributed by atoms with E-state index >= 15 is 0 Å². The van der Waals surface area contributed by atoms with E-state index in [1.54, 1.807) is 13.3 Å². The van der Waals surface area contributed by atoms with Crippen LogP contribution in [-0.4, -0.2) is 49.1 Å². The van der Waals surface area contributed by atoms with Gasteiger partial charge in [-0.1, -0.05) is 0 Å². The normalized spacial score (nSPS) is 10.8. The Hall–Kier alpha value is -1.97. The summed E-state index contributed by atoms with van der Waals surface area (Å²) < 4.78 is 12.7. The summed E-state index contributed by atoms with van der Waals surface area (Å²) in [6, 6.07) is 9.49. The van der Waals surface area contributed by atoms with E-state index in [0.717, 1.165) is 43.5 Å². The largest absolute Gasteiger partial charge is 0.497 e. The highest BCUT2D eigenvalue weighted by molar-refractivity contribution is 14.0. The molecule has 2 rings (SSSR count). The number of hydrogen-bond acceptors (Lipinski definition) is 4. The van der Waals surface area contributed by atoms with Crippen LogP contribution < -0.4 is 20.1 Å². The third kappa shape index (κ3) is 8.41.